The highest BCUT2D eigenvalue weighted by Gasteiger charge is 2.41. The molecule has 0 heterocycles. The van der Waals surface area contributed by atoms with Crippen LogP contribution in [-0.2, 0) is 4.87 Å². The van der Waals surface area contributed by atoms with Crippen molar-refractivity contribution in [3.05, 3.63) is 37.3 Å². The number of allylic oxidation sites excluding steroid dienone is 1. The van der Waals surface area contributed by atoms with Gasteiger partial charge in [-0.3, -0.25) is 0 Å². The van der Waals surface area contributed by atoms with Gasteiger partial charge in [-0.15, -0.1) is 11.6 Å². The number of benzene rings is 1. The first-order chi connectivity index (χ1) is 7.28. The molecule has 0 nitrogen and oxygen atoms in total. The highest BCUT2D eigenvalue weighted by Crippen LogP contribution is 2.56. The molecule has 6 heteroatoms. The quantitative estimate of drug-likeness (QED) is 0.387. The standard InChI is InChI=1S/C10H4Cl6/c1-10(16)3-2-4(11)6(12)7(13)5(3)8(14)9(10)15/h2H,1H3. The molecule has 0 fully saturated rings. The van der Waals surface area contributed by atoms with Crippen LogP contribution in [0.2, 0.25) is 15.1 Å². The average molecular weight is 337 g/mol. The molecule has 16 heavy (non-hydrogen) atoms. The Morgan fingerprint density at radius 2 is 1.56 bits per heavy atom. The van der Waals surface area contributed by atoms with Crippen molar-refractivity contribution in [3.63, 3.8) is 0 Å². The molecule has 1 aliphatic carbocycles. The molecule has 1 atom stereocenters. The molecule has 0 N–H and O–H groups in total. The van der Waals surface area contributed by atoms with Gasteiger partial charge in [0.2, 0.25) is 0 Å². The second kappa shape index (κ2) is 4.12. The Hall–Kier alpha value is 0.700. The number of alkyl halides is 1. The molecule has 2 rings (SSSR count). The summed E-state index contributed by atoms with van der Waals surface area (Å²) in [6.45, 7) is 1.73. The van der Waals surface area contributed by atoms with Crippen molar-refractivity contribution >= 4 is 74.6 Å². The van der Waals surface area contributed by atoms with E-state index in [1.807, 2.05) is 0 Å². The first-order valence-electron chi connectivity index (χ1n) is 4.21. The molecule has 86 valence electrons. The van der Waals surface area contributed by atoms with Gasteiger partial charge in [-0.2, -0.15) is 0 Å². The molecule has 0 bridgehead atoms. The number of fused-ring (bicyclic) bond motifs is 1. The molecule has 0 saturated heterocycles. The van der Waals surface area contributed by atoms with E-state index in [4.69, 9.17) is 69.6 Å². The molecule has 1 aliphatic rings. The van der Waals surface area contributed by atoms with E-state index < -0.39 is 4.87 Å². The van der Waals surface area contributed by atoms with E-state index in [2.05, 4.69) is 0 Å². The van der Waals surface area contributed by atoms with Crippen LogP contribution in [0.1, 0.15) is 18.1 Å². The Morgan fingerprint density at radius 1 is 1.00 bits per heavy atom. The third-order valence-electron chi connectivity index (χ3n) is 2.49. The molecule has 1 aromatic carbocycles. The zero-order chi connectivity index (χ0) is 12.2. The molecule has 1 unspecified atom stereocenters. The Kier molecular flexibility index (Phi) is 3.38. The summed E-state index contributed by atoms with van der Waals surface area (Å²) in [7, 11) is 0. The maximum absolute atomic E-state index is 6.31. The van der Waals surface area contributed by atoms with Gasteiger partial charge in [0.05, 0.1) is 25.1 Å². The highest BCUT2D eigenvalue weighted by atomic mass is 35.5. The van der Waals surface area contributed by atoms with Crippen LogP contribution in [0.25, 0.3) is 5.03 Å². The lowest BCUT2D eigenvalue weighted by Gasteiger charge is -2.18. The molecule has 1 aromatic rings. The van der Waals surface area contributed by atoms with Gasteiger partial charge < -0.3 is 0 Å². The summed E-state index contributed by atoms with van der Waals surface area (Å²) in [5.74, 6) is 0. The minimum Gasteiger partial charge on any atom is -0.108 e. The molecular weight excluding hydrogens is 333 g/mol. The Labute approximate surface area is 123 Å². The van der Waals surface area contributed by atoms with Crippen molar-refractivity contribution in [2.45, 2.75) is 11.8 Å². The Bertz CT molecular complexity index is 515. The Morgan fingerprint density at radius 3 is 2.12 bits per heavy atom. The molecule has 0 aliphatic heterocycles. The van der Waals surface area contributed by atoms with Crippen LogP contribution in [0.5, 0.6) is 0 Å². The SMILES string of the molecule is CC1(Cl)C(Cl)=C(Cl)c2c1cc(Cl)c(Cl)c2Cl. The molecule has 0 aromatic heterocycles. The predicted octanol–water partition coefficient (Wildman–Crippen LogP) is 6.26. The molecular formula is C10H4Cl6. The van der Waals surface area contributed by atoms with Crippen LogP contribution in [0, 0.1) is 0 Å². The predicted molar refractivity (Wildman–Crippen MR) is 73.3 cm³/mol. The molecule has 0 spiro atoms. The van der Waals surface area contributed by atoms with E-state index in [1.165, 1.54) is 0 Å². The van der Waals surface area contributed by atoms with E-state index in [-0.39, 0.29) is 10.0 Å². The van der Waals surface area contributed by atoms with E-state index in [0.29, 0.717) is 26.2 Å². The lowest BCUT2D eigenvalue weighted by molar-refractivity contribution is 0.865. The second-order valence-electron chi connectivity index (χ2n) is 3.54. The van der Waals surface area contributed by atoms with Crippen molar-refractivity contribution < 1.29 is 0 Å². The third-order valence-corrected chi connectivity index (χ3v) is 5.29. The summed E-state index contributed by atoms with van der Waals surface area (Å²) in [5.41, 5.74) is 1.23. The normalized spacial score (nSPS) is 23.9. The van der Waals surface area contributed by atoms with Crippen molar-refractivity contribution in [1.82, 2.24) is 0 Å². The molecule has 0 amide bonds. The number of hydrogen-bond acceptors (Lipinski definition) is 0. The summed E-state index contributed by atoms with van der Waals surface area (Å²) in [6.07, 6.45) is 0. The maximum Gasteiger partial charge on any atom is 0.104 e. The van der Waals surface area contributed by atoms with Crippen LogP contribution >= 0.6 is 69.6 Å². The van der Waals surface area contributed by atoms with E-state index in [0.717, 1.165) is 0 Å². The summed E-state index contributed by atoms with van der Waals surface area (Å²) in [6, 6.07) is 1.63. The van der Waals surface area contributed by atoms with Gasteiger partial charge in [-0.05, 0) is 18.6 Å². The van der Waals surface area contributed by atoms with Gasteiger partial charge in [-0.25, -0.2) is 0 Å². The number of halogens is 6. The van der Waals surface area contributed by atoms with Gasteiger partial charge in [0, 0.05) is 5.56 Å². The van der Waals surface area contributed by atoms with Crippen molar-refractivity contribution in [1.29, 1.82) is 0 Å². The minimum absolute atomic E-state index is 0.249. The fraction of sp³-hybridized carbons (Fsp3) is 0.200. The van der Waals surface area contributed by atoms with Crippen LogP contribution < -0.4 is 0 Å². The lowest BCUT2D eigenvalue weighted by atomic mass is 10.0. The van der Waals surface area contributed by atoms with E-state index in [9.17, 15) is 0 Å². The number of rotatable bonds is 0. The minimum atomic E-state index is -0.911. The topological polar surface area (TPSA) is 0 Å². The van der Waals surface area contributed by atoms with Gasteiger partial charge in [0.1, 0.15) is 4.87 Å². The third kappa shape index (κ3) is 1.67. The summed E-state index contributed by atoms with van der Waals surface area (Å²) >= 11 is 36.4. The van der Waals surface area contributed by atoms with E-state index >= 15 is 0 Å². The summed E-state index contributed by atoms with van der Waals surface area (Å²) in [5, 5.41) is 1.49. The first kappa shape index (κ1) is 13.1. The van der Waals surface area contributed by atoms with Gasteiger partial charge >= 0.3 is 0 Å². The second-order valence-corrected chi connectivity index (χ2v) is 6.21. The van der Waals surface area contributed by atoms with Crippen molar-refractivity contribution in [3.8, 4) is 0 Å². The first-order valence-corrected chi connectivity index (χ1v) is 6.48. The zero-order valence-corrected chi connectivity index (χ0v) is 12.4. The van der Waals surface area contributed by atoms with Crippen LogP contribution in [0.4, 0.5) is 0 Å². The average Bonchev–Trinajstić information content (AvgIpc) is 2.37. The van der Waals surface area contributed by atoms with Crippen molar-refractivity contribution in [2.24, 2.45) is 0 Å². The molecule has 0 radical (unpaired) electrons. The fourth-order valence-electron chi connectivity index (χ4n) is 1.61. The van der Waals surface area contributed by atoms with Gasteiger partial charge in [0.25, 0.3) is 0 Å². The fourth-order valence-corrected chi connectivity index (χ4v) is 3.23. The Balaban J connectivity index is 2.87. The van der Waals surface area contributed by atoms with Gasteiger partial charge in [0.15, 0.2) is 0 Å². The summed E-state index contributed by atoms with van der Waals surface area (Å²) in [4.78, 5) is -0.911. The summed E-state index contributed by atoms with van der Waals surface area (Å²) < 4.78 is 0. The zero-order valence-electron chi connectivity index (χ0n) is 7.85. The molecule has 0 saturated carbocycles. The number of hydrogen-bond donors (Lipinski definition) is 0. The van der Waals surface area contributed by atoms with Crippen LogP contribution in [0.15, 0.2) is 11.1 Å². The monoisotopic (exact) mass is 334 g/mol. The largest absolute Gasteiger partial charge is 0.108 e. The highest BCUT2D eigenvalue weighted by molar-refractivity contribution is 6.60. The van der Waals surface area contributed by atoms with Crippen LogP contribution in [-0.4, -0.2) is 0 Å². The van der Waals surface area contributed by atoms with Crippen LogP contribution in [0.3, 0.4) is 0 Å². The van der Waals surface area contributed by atoms with E-state index in [1.54, 1.807) is 13.0 Å². The maximum atomic E-state index is 6.31. The smallest absolute Gasteiger partial charge is 0.104 e. The lowest BCUT2D eigenvalue weighted by Crippen LogP contribution is -2.10. The van der Waals surface area contributed by atoms with Crippen molar-refractivity contribution in [2.75, 3.05) is 0 Å². The van der Waals surface area contributed by atoms with Gasteiger partial charge in [-0.1, -0.05) is 58.0 Å².